The van der Waals surface area contributed by atoms with Crippen molar-refractivity contribution in [3.63, 3.8) is 0 Å². The maximum atomic E-state index is 12.7. The van der Waals surface area contributed by atoms with Crippen LogP contribution in [0.3, 0.4) is 0 Å². The van der Waals surface area contributed by atoms with Crippen LogP contribution in [0.4, 0.5) is 5.13 Å². The van der Waals surface area contributed by atoms with Crippen LogP contribution in [0.2, 0.25) is 0 Å². The molecule has 1 aliphatic heterocycles. The summed E-state index contributed by atoms with van der Waals surface area (Å²) in [4.78, 5) is 36.7. The molecule has 0 saturated carbocycles. The Balaban J connectivity index is 1.48. The van der Waals surface area contributed by atoms with Gasteiger partial charge in [-0.3, -0.25) is 4.79 Å². The Kier molecular flexibility index (Phi) is 8.74. The van der Waals surface area contributed by atoms with E-state index in [1.165, 1.54) is 11.3 Å². The second-order valence-electron chi connectivity index (χ2n) is 9.89. The molecular weight excluding hydrogens is 536 g/mol. The van der Waals surface area contributed by atoms with Gasteiger partial charge in [0.25, 0.3) is 5.91 Å². The number of benzene rings is 3. The Morgan fingerprint density at radius 2 is 1.41 bits per heavy atom. The lowest BCUT2D eigenvalue weighted by Gasteiger charge is -2.36. The monoisotopic (exact) mass is 568 g/mol. The van der Waals surface area contributed by atoms with Crippen LogP contribution in [-0.4, -0.2) is 51.8 Å². The number of carbonyl (C=O) groups excluding carboxylic acids is 1. The van der Waals surface area contributed by atoms with Crippen LogP contribution >= 0.6 is 11.3 Å². The third-order valence-electron chi connectivity index (χ3n) is 7.18. The summed E-state index contributed by atoms with van der Waals surface area (Å²) in [6.45, 7) is 2.94. The van der Waals surface area contributed by atoms with Crippen molar-refractivity contribution < 1.29 is 19.5 Å². The first kappa shape index (κ1) is 28.0. The molecule has 1 aromatic heterocycles. The van der Waals surface area contributed by atoms with Crippen molar-refractivity contribution in [2.75, 3.05) is 18.4 Å². The van der Waals surface area contributed by atoms with Crippen molar-refractivity contribution in [2.24, 2.45) is 5.16 Å². The molecule has 3 aromatic carbocycles. The largest absolute Gasteiger partial charge is 0.476 e. The highest BCUT2D eigenvalue weighted by Gasteiger charge is 2.37. The van der Waals surface area contributed by atoms with E-state index < -0.39 is 17.6 Å². The van der Waals surface area contributed by atoms with Crippen molar-refractivity contribution in [3.05, 3.63) is 119 Å². The summed E-state index contributed by atoms with van der Waals surface area (Å²) in [6, 6.07) is 30.2. The molecule has 2 N–H and O–H groups in total. The Morgan fingerprint density at radius 3 is 1.90 bits per heavy atom. The number of oxime groups is 1. The van der Waals surface area contributed by atoms with Crippen LogP contribution in [0.1, 0.15) is 48.6 Å². The summed E-state index contributed by atoms with van der Waals surface area (Å²) >= 11 is 1.27. The topological polar surface area (TPSA) is 104 Å². The van der Waals surface area contributed by atoms with E-state index in [0.29, 0.717) is 18.2 Å². The second-order valence-corrected chi connectivity index (χ2v) is 10.7. The molecule has 4 aromatic rings. The van der Waals surface area contributed by atoms with Crippen LogP contribution in [0.15, 0.2) is 102 Å². The molecule has 0 spiro atoms. The minimum absolute atomic E-state index is 0.144. The molecule has 2 heterocycles. The summed E-state index contributed by atoms with van der Waals surface area (Å²) in [6.07, 6.45) is 2.10. The normalized spacial score (nSPS) is 14.8. The number of nitrogens with zero attached hydrogens (tertiary/aromatic N) is 3. The summed E-state index contributed by atoms with van der Waals surface area (Å²) < 4.78 is 0. The van der Waals surface area contributed by atoms with Gasteiger partial charge in [-0.2, -0.15) is 0 Å². The fourth-order valence-corrected chi connectivity index (χ4v) is 5.88. The number of rotatable bonds is 10. The first-order valence-electron chi connectivity index (χ1n) is 13.7. The van der Waals surface area contributed by atoms with Gasteiger partial charge >= 0.3 is 5.97 Å². The minimum atomic E-state index is -1.29. The van der Waals surface area contributed by atoms with Gasteiger partial charge in [-0.05, 0) is 42.9 Å². The molecule has 1 fully saturated rings. The van der Waals surface area contributed by atoms with Crippen LogP contribution in [-0.2, 0) is 20.0 Å². The van der Waals surface area contributed by atoms with Crippen molar-refractivity contribution in [1.82, 2.24) is 9.88 Å². The molecule has 0 bridgehead atoms. The Hall–Kier alpha value is -4.50. The quantitative estimate of drug-likeness (QED) is 0.143. The number of carbonyl (C=O) groups is 2. The van der Waals surface area contributed by atoms with Gasteiger partial charge in [0.15, 0.2) is 5.13 Å². The summed E-state index contributed by atoms with van der Waals surface area (Å²) in [7, 11) is 0. The van der Waals surface area contributed by atoms with Gasteiger partial charge in [0.05, 0.1) is 0 Å². The highest BCUT2D eigenvalue weighted by atomic mass is 32.1. The predicted molar refractivity (Wildman–Crippen MR) is 160 cm³/mol. The van der Waals surface area contributed by atoms with Crippen molar-refractivity contribution in [3.8, 4) is 0 Å². The lowest BCUT2D eigenvalue weighted by Crippen LogP contribution is -2.41. The average molecular weight is 569 g/mol. The maximum Gasteiger partial charge on any atom is 0.360 e. The molecule has 41 heavy (non-hydrogen) atoms. The van der Waals surface area contributed by atoms with Crippen LogP contribution < -0.4 is 5.32 Å². The van der Waals surface area contributed by atoms with Gasteiger partial charge in [-0.1, -0.05) is 96.2 Å². The number of amides is 1. The Labute approximate surface area is 243 Å². The first-order valence-corrected chi connectivity index (χ1v) is 14.5. The highest BCUT2D eigenvalue weighted by molar-refractivity contribution is 7.14. The summed E-state index contributed by atoms with van der Waals surface area (Å²) in [5.41, 5.74) is 1.95. The number of carboxylic acids is 1. The number of piperidine rings is 1. The number of nitrogens with one attached hydrogen (secondary N) is 1. The number of carboxylic acid groups (broad SMARTS) is 1. The molecule has 1 unspecified atom stereocenters. The molecule has 9 heteroatoms. The molecule has 1 aliphatic rings. The lowest BCUT2D eigenvalue weighted by atomic mass is 9.77. The number of aromatic nitrogens is 1. The van der Waals surface area contributed by atoms with Gasteiger partial charge in [-0.15, -0.1) is 11.3 Å². The molecular formula is C32H32N4O4S. The SMILES string of the molecule is CC(O/N=C(\C(=O)O)c1csc(NC(c2ccccc2)(c2ccccc2)c2ccccc2)n1)C(=O)N1CCCCC1. The van der Waals surface area contributed by atoms with Crippen LogP contribution in [0.5, 0.6) is 0 Å². The lowest BCUT2D eigenvalue weighted by molar-refractivity contribution is -0.144. The first-order chi connectivity index (χ1) is 20.0. The second kappa shape index (κ2) is 12.8. The zero-order chi connectivity index (χ0) is 28.7. The average Bonchev–Trinajstić information content (AvgIpc) is 3.49. The summed E-state index contributed by atoms with van der Waals surface area (Å²) in [5, 5.41) is 19.6. The number of hydrogen-bond acceptors (Lipinski definition) is 7. The van der Waals surface area contributed by atoms with E-state index in [1.807, 2.05) is 54.6 Å². The zero-order valence-corrected chi connectivity index (χ0v) is 23.6. The molecule has 1 atom stereocenters. The molecule has 0 radical (unpaired) electrons. The molecule has 210 valence electrons. The van der Waals surface area contributed by atoms with Gasteiger partial charge < -0.3 is 20.2 Å². The molecule has 8 nitrogen and oxygen atoms in total. The smallest absolute Gasteiger partial charge is 0.360 e. The van der Waals surface area contributed by atoms with E-state index in [4.69, 9.17) is 4.84 Å². The third kappa shape index (κ3) is 6.15. The fraction of sp³-hybridized carbons (Fsp3) is 0.250. The predicted octanol–water partition coefficient (Wildman–Crippen LogP) is 5.75. The number of likely N-dealkylation sites (tertiary alicyclic amines) is 1. The van der Waals surface area contributed by atoms with Gasteiger partial charge in [-0.25, -0.2) is 9.78 Å². The Morgan fingerprint density at radius 1 is 0.902 bits per heavy atom. The number of thiazole rings is 1. The van der Waals surface area contributed by atoms with Gasteiger partial charge in [0, 0.05) is 18.5 Å². The third-order valence-corrected chi connectivity index (χ3v) is 7.94. The van der Waals surface area contributed by atoms with E-state index in [9.17, 15) is 14.7 Å². The maximum absolute atomic E-state index is 12.7. The number of aliphatic carboxylic acids is 1. The van der Waals surface area contributed by atoms with E-state index in [1.54, 1.807) is 17.2 Å². The van der Waals surface area contributed by atoms with Crippen LogP contribution in [0, 0.1) is 0 Å². The fourth-order valence-electron chi connectivity index (χ4n) is 5.12. The summed E-state index contributed by atoms with van der Waals surface area (Å²) in [5.74, 6) is -1.49. The molecule has 5 rings (SSSR count). The zero-order valence-electron chi connectivity index (χ0n) is 22.8. The van der Waals surface area contributed by atoms with E-state index >= 15 is 0 Å². The van der Waals surface area contributed by atoms with Crippen molar-refractivity contribution >= 4 is 34.1 Å². The minimum Gasteiger partial charge on any atom is -0.476 e. The van der Waals surface area contributed by atoms with Crippen LogP contribution in [0.25, 0.3) is 0 Å². The highest BCUT2D eigenvalue weighted by Crippen LogP contribution is 2.40. The van der Waals surface area contributed by atoms with Gasteiger partial charge in [0.1, 0.15) is 11.2 Å². The van der Waals surface area contributed by atoms with Crippen molar-refractivity contribution in [2.45, 2.75) is 37.8 Å². The molecule has 0 aliphatic carbocycles. The van der Waals surface area contributed by atoms with E-state index in [0.717, 1.165) is 36.0 Å². The van der Waals surface area contributed by atoms with E-state index in [2.05, 4.69) is 51.9 Å². The number of anilines is 1. The van der Waals surface area contributed by atoms with E-state index in [-0.39, 0.29) is 17.3 Å². The molecule has 1 amide bonds. The Bertz CT molecular complexity index is 1390. The standard InChI is InChI=1S/C32H32N4O4S/c1-23(29(37)36-20-12-5-13-21-36)40-35-28(30(38)39)27-22-41-31(33-27)34-32(24-14-6-2-7-15-24,25-16-8-3-9-17-25)26-18-10-4-11-19-26/h2-4,6-11,14-19,22-23H,5,12-13,20-21H2,1H3,(H,33,34)(H,38,39)/b35-28-. The molecule has 1 saturated heterocycles. The number of hydrogen-bond donors (Lipinski definition) is 2. The van der Waals surface area contributed by atoms with Crippen molar-refractivity contribution in [1.29, 1.82) is 0 Å². The van der Waals surface area contributed by atoms with Gasteiger partial charge in [0.2, 0.25) is 11.8 Å².